The number of carbonyl (C=O) groups is 2. The highest BCUT2D eigenvalue weighted by molar-refractivity contribution is 6.04. The summed E-state index contributed by atoms with van der Waals surface area (Å²) in [7, 11) is 0. The van der Waals surface area contributed by atoms with E-state index in [9.17, 15) is 22.8 Å². The third-order valence-corrected chi connectivity index (χ3v) is 4.19. The third kappa shape index (κ3) is 6.10. The van der Waals surface area contributed by atoms with E-state index in [1.165, 1.54) is 30.5 Å². The number of hydrogen-bond donors (Lipinski definition) is 2. The summed E-state index contributed by atoms with van der Waals surface area (Å²) >= 11 is 0. The lowest BCUT2D eigenvalue weighted by atomic mass is 10.2. The second-order valence-corrected chi connectivity index (χ2v) is 7.34. The number of anilines is 2. The molecule has 0 aliphatic heterocycles. The maximum atomic E-state index is 12.7. The number of hydrogen-bond acceptors (Lipinski definition) is 4. The quantitative estimate of drug-likeness (QED) is 0.535. The number of amides is 2. The molecule has 10 heteroatoms. The Labute approximate surface area is 182 Å². The van der Waals surface area contributed by atoms with Crippen molar-refractivity contribution in [2.24, 2.45) is 5.92 Å². The van der Waals surface area contributed by atoms with Crippen LogP contribution in [0, 0.1) is 5.92 Å². The molecule has 2 N–H and O–H groups in total. The van der Waals surface area contributed by atoms with E-state index in [-0.39, 0.29) is 12.5 Å². The minimum atomic E-state index is -4.53. The molecule has 0 aliphatic rings. The molecule has 168 valence electrons. The van der Waals surface area contributed by atoms with Gasteiger partial charge in [-0.05, 0) is 54.4 Å². The fourth-order valence-electron chi connectivity index (χ4n) is 2.66. The Morgan fingerprint density at radius 2 is 1.69 bits per heavy atom. The van der Waals surface area contributed by atoms with Crippen molar-refractivity contribution in [2.45, 2.75) is 20.0 Å². The molecule has 0 radical (unpaired) electrons. The lowest BCUT2D eigenvalue weighted by Gasteiger charge is -2.11. The molecule has 2 aromatic carbocycles. The molecule has 1 aromatic heterocycles. The van der Waals surface area contributed by atoms with Crippen LogP contribution >= 0.6 is 0 Å². The van der Waals surface area contributed by atoms with Crippen LogP contribution < -0.4 is 10.6 Å². The molecule has 3 aromatic rings. The highest BCUT2D eigenvalue weighted by atomic mass is 19.4. The van der Waals surface area contributed by atoms with Crippen molar-refractivity contribution in [3.63, 3.8) is 0 Å². The van der Waals surface area contributed by atoms with Gasteiger partial charge in [0.2, 0.25) is 0 Å². The Balaban J connectivity index is 1.63. The van der Waals surface area contributed by atoms with Gasteiger partial charge in [-0.15, -0.1) is 0 Å². The monoisotopic (exact) mass is 446 g/mol. The fourth-order valence-corrected chi connectivity index (χ4v) is 2.66. The van der Waals surface area contributed by atoms with Crippen LogP contribution in [0.3, 0.4) is 0 Å². The van der Waals surface area contributed by atoms with E-state index >= 15 is 0 Å². The molecule has 0 saturated heterocycles. The molecular formula is C22H21F3N4O3. The Morgan fingerprint density at radius 3 is 2.28 bits per heavy atom. The highest BCUT2D eigenvalue weighted by Gasteiger charge is 2.33. The molecule has 1 heterocycles. The van der Waals surface area contributed by atoms with E-state index in [0.717, 1.165) is 10.7 Å². The molecule has 32 heavy (non-hydrogen) atoms. The second-order valence-electron chi connectivity index (χ2n) is 7.34. The minimum Gasteiger partial charge on any atom is -0.449 e. The van der Waals surface area contributed by atoms with Crippen molar-refractivity contribution >= 4 is 23.4 Å². The number of ether oxygens (including phenoxy) is 1. The summed E-state index contributed by atoms with van der Waals surface area (Å²) in [6, 6.07) is 13.4. The van der Waals surface area contributed by atoms with Gasteiger partial charge < -0.3 is 10.1 Å². The van der Waals surface area contributed by atoms with E-state index in [2.05, 4.69) is 15.7 Å². The van der Waals surface area contributed by atoms with Gasteiger partial charge in [-0.1, -0.05) is 19.9 Å². The minimum absolute atomic E-state index is 0.206. The van der Waals surface area contributed by atoms with Gasteiger partial charge in [0.15, 0.2) is 5.69 Å². The summed E-state index contributed by atoms with van der Waals surface area (Å²) in [6.45, 7) is 4.13. The standard InChI is InChI=1S/C22H21F3N4O3/c1-14(2)13-32-21(31)27-17-5-3-4-16(12-17)26-20(30)15-6-8-18(9-7-15)29-11-10-19(28-29)22(23,24)25/h3-12,14H,13H2,1-2H3,(H,26,30)(H,27,31). The number of carbonyl (C=O) groups excluding carboxylic acids is 2. The number of halogens is 3. The van der Waals surface area contributed by atoms with Crippen molar-refractivity contribution in [3.8, 4) is 5.69 Å². The number of alkyl halides is 3. The van der Waals surface area contributed by atoms with Crippen LogP contribution in [0.2, 0.25) is 0 Å². The van der Waals surface area contributed by atoms with Crippen LogP contribution in [0.4, 0.5) is 29.3 Å². The van der Waals surface area contributed by atoms with Crippen molar-refractivity contribution in [3.05, 3.63) is 72.1 Å². The SMILES string of the molecule is CC(C)COC(=O)Nc1cccc(NC(=O)c2ccc(-n3ccc(C(F)(F)F)n3)cc2)c1. The first kappa shape index (κ1) is 22.9. The molecule has 0 aliphatic carbocycles. The zero-order valence-corrected chi connectivity index (χ0v) is 17.3. The maximum absolute atomic E-state index is 12.7. The van der Waals surface area contributed by atoms with Crippen molar-refractivity contribution in [1.29, 1.82) is 0 Å². The maximum Gasteiger partial charge on any atom is 0.435 e. The van der Waals surface area contributed by atoms with Crippen LogP contribution in [0.15, 0.2) is 60.8 Å². The first-order valence-corrected chi connectivity index (χ1v) is 9.70. The molecule has 7 nitrogen and oxygen atoms in total. The molecule has 0 atom stereocenters. The van der Waals surface area contributed by atoms with Crippen LogP contribution in [0.1, 0.15) is 29.9 Å². The van der Waals surface area contributed by atoms with E-state index in [1.807, 2.05) is 13.8 Å². The van der Waals surface area contributed by atoms with Crippen LogP contribution in [0.25, 0.3) is 5.69 Å². The van der Waals surface area contributed by atoms with E-state index in [4.69, 9.17) is 4.74 Å². The summed E-state index contributed by atoms with van der Waals surface area (Å²) in [6.07, 6.45) is -3.92. The van der Waals surface area contributed by atoms with Gasteiger partial charge in [0, 0.05) is 23.1 Å². The largest absolute Gasteiger partial charge is 0.449 e. The van der Waals surface area contributed by atoms with E-state index < -0.39 is 23.9 Å². The van der Waals surface area contributed by atoms with Crippen molar-refractivity contribution in [2.75, 3.05) is 17.2 Å². The van der Waals surface area contributed by atoms with Gasteiger partial charge in [0.1, 0.15) is 0 Å². The first-order chi connectivity index (χ1) is 15.1. The van der Waals surface area contributed by atoms with E-state index in [0.29, 0.717) is 22.6 Å². The molecule has 0 saturated carbocycles. The topological polar surface area (TPSA) is 85.3 Å². The first-order valence-electron chi connectivity index (χ1n) is 9.70. The normalized spacial score (nSPS) is 11.3. The number of nitrogens with zero attached hydrogens (tertiary/aromatic N) is 2. The molecule has 2 amide bonds. The van der Waals surface area contributed by atoms with Crippen LogP contribution in [-0.4, -0.2) is 28.4 Å². The van der Waals surface area contributed by atoms with Crippen molar-refractivity contribution in [1.82, 2.24) is 9.78 Å². The van der Waals surface area contributed by atoms with Gasteiger partial charge in [-0.25, -0.2) is 9.48 Å². The molecule has 3 rings (SSSR count). The summed E-state index contributed by atoms with van der Waals surface area (Å²) in [5.41, 5.74) is 0.574. The number of aromatic nitrogens is 2. The summed E-state index contributed by atoms with van der Waals surface area (Å²) in [5.74, 6) is -0.217. The Kier molecular flexibility index (Phi) is 6.82. The van der Waals surface area contributed by atoms with Crippen molar-refractivity contribution < 1.29 is 27.5 Å². The molecule has 0 spiro atoms. The number of nitrogens with one attached hydrogen (secondary N) is 2. The van der Waals surface area contributed by atoms with Crippen LogP contribution in [0.5, 0.6) is 0 Å². The van der Waals surface area contributed by atoms with Gasteiger partial charge in [-0.3, -0.25) is 10.1 Å². The van der Waals surface area contributed by atoms with E-state index in [1.54, 1.807) is 24.3 Å². The predicted molar refractivity (Wildman–Crippen MR) is 113 cm³/mol. The molecular weight excluding hydrogens is 425 g/mol. The number of rotatable bonds is 6. The predicted octanol–water partition coefficient (Wildman–Crippen LogP) is 5.35. The zero-order chi connectivity index (χ0) is 23.3. The highest BCUT2D eigenvalue weighted by Crippen LogP contribution is 2.28. The molecule has 0 bridgehead atoms. The second kappa shape index (κ2) is 9.54. The molecule has 0 unspecified atom stereocenters. The summed E-state index contributed by atoms with van der Waals surface area (Å²) in [5, 5.41) is 8.79. The lowest BCUT2D eigenvalue weighted by Crippen LogP contribution is -2.17. The fraction of sp³-hybridized carbons (Fsp3) is 0.227. The average Bonchev–Trinajstić information content (AvgIpc) is 3.23. The Hall–Kier alpha value is -3.82. The van der Waals surface area contributed by atoms with Gasteiger partial charge in [-0.2, -0.15) is 18.3 Å². The van der Waals surface area contributed by atoms with Gasteiger partial charge >= 0.3 is 12.3 Å². The smallest absolute Gasteiger partial charge is 0.435 e. The molecule has 0 fully saturated rings. The number of benzene rings is 2. The Morgan fingerprint density at radius 1 is 1.03 bits per heavy atom. The zero-order valence-electron chi connectivity index (χ0n) is 17.3. The van der Waals surface area contributed by atoms with Crippen LogP contribution in [-0.2, 0) is 10.9 Å². The Bertz CT molecular complexity index is 1090. The average molecular weight is 446 g/mol. The van der Waals surface area contributed by atoms with Gasteiger partial charge in [0.05, 0.1) is 12.3 Å². The lowest BCUT2D eigenvalue weighted by molar-refractivity contribution is -0.141. The summed E-state index contributed by atoms with van der Waals surface area (Å²) in [4.78, 5) is 24.3. The third-order valence-electron chi connectivity index (χ3n) is 4.19. The summed E-state index contributed by atoms with van der Waals surface area (Å²) < 4.78 is 44.3. The van der Waals surface area contributed by atoms with Gasteiger partial charge in [0.25, 0.3) is 5.91 Å².